The number of rotatable bonds is 4. The molecular formula is C13H20N6O2S. The number of nitrogens with one attached hydrogen (secondary N) is 1. The van der Waals surface area contributed by atoms with Crippen LogP contribution in [-0.4, -0.2) is 63.6 Å². The van der Waals surface area contributed by atoms with Crippen LogP contribution in [0, 0.1) is 0 Å². The largest absolute Gasteiger partial charge is 0.347 e. The minimum Gasteiger partial charge on any atom is -0.347 e. The molecule has 0 amide bonds. The molecule has 3 rings (SSSR count). The summed E-state index contributed by atoms with van der Waals surface area (Å²) in [5.74, 6) is 0.798. The fourth-order valence-corrected chi connectivity index (χ4v) is 4.40. The Morgan fingerprint density at radius 3 is 2.77 bits per heavy atom. The van der Waals surface area contributed by atoms with E-state index in [1.165, 1.54) is 21.3 Å². The van der Waals surface area contributed by atoms with Crippen LogP contribution in [-0.2, 0) is 17.1 Å². The van der Waals surface area contributed by atoms with Gasteiger partial charge in [0.1, 0.15) is 5.82 Å². The highest BCUT2D eigenvalue weighted by Crippen LogP contribution is 2.26. The number of hydrogen-bond donors (Lipinski definition) is 1. The first-order chi connectivity index (χ1) is 10.5. The Labute approximate surface area is 129 Å². The number of H-pyrrole nitrogens is 1. The van der Waals surface area contributed by atoms with Gasteiger partial charge in [-0.15, -0.1) is 0 Å². The van der Waals surface area contributed by atoms with Crippen molar-refractivity contribution in [2.24, 2.45) is 7.05 Å². The normalized spacial score (nSPS) is 21.3. The lowest BCUT2D eigenvalue weighted by molar-refractivity contribution is 0.119. The second-order valence-corrected chi connectivity index (χ2v) is 7.16. The maximum atomic E-state index is 12.8. The van der Waals surface area contributed by atoms with Crippen LogP contribution < -0.4 is 0 Å². The van der Waals surface area contributed by atoms with Crippen LogP contribution in [0.1, 0.15) is 18.8 Å². The molecule has 1 aliphatic heterocycles. The molecule has 1 fully saturated rings. The predicted molar refractivity (Wildman–Crippen MR) is 80.5 cm³/mol. The zero-order chi connectivity index (χ0) is 15.7. The van der Waals surface area contributed by atoms with Gasteiger partial charge in [0.05, 0.1) is 12.2 Å². The first-order valence-corrected chi connectivity index (χ1v) is 8.69. The highest BCUT2D eigenvalue weighted by Gasteiger charge is 2.36. The van der Waals surface area contributed by atoms with E-state index in [0.29, 0.717) is 19.6 Å². The highest BCUT2D eigenvalue weighted by atomic mass is 32.2. The first-order valence-electron chi connectivity index (χ1n) is 7.25. The smallest absolute Gasteiger partial charge is 0.260 e. The van der Waals surface area contributed by atoms with Gasteiger partial charge in [0.15, 0.2) is 5.03 Å². The molecule has 1 N–H and O–H groups in total. The van der Waals surface area contributed by atoms with Crippen molar-refractivity contribution in [3.05, 3.63) is 30.5 Å². The fraction of sp³-hybridized carbons (Fsp3) is 0.538. The van der Waals surface area contributed by atoms with Crippen LogP contribution in [0.5, 0.6) is 0 Å². The second kappa shape index (κ2) is 5.82. The summed E-state index contributed by atoms with van der Waals surface area (Å²) in [5, 5.41) is 4.18. The molecule has 0 radical (unpaired) electrons. The predicted octanol–water partition coefficient (Wildman–Crippen LogP) is 0.211. The fourth-order valence-electron chi connectivity index (χ4n) is 2.86. The lowest BCUT2D eigenvalue weighted by Gasteiger charge is -2.39. The number of aryl methyl sites for hydroxylation is 1. The molecule has 3 heterocycles. The summed E-state index contributed by atoms with van der Waals surface area (Å²) in [5.41, 5.74) is 0. The lowest BCUT2D eigenvalue weighted by Crippen LogP contribution is -2.50. The minimum absolute atomic E-state index is 0.0586. The van der Waals surface area contributed by atoms with Crippen molar-refractivity contribution in [3.63, 3.8) is 0 Å². The molecule has 9 heteroatoms. The van der Waals surface area contributed by atoms with Crippen LogP contribution in [0.3, 0.4) is 0 Å². The summed E-state index contributed by atoms with van der Waals surface area (Å²) in [7, 11) is -1.90. The number of hydrogen-bond acceptors (Lipinski definition) is 5. The minimum atomic E-state index is -3.54. The van der Waals surface area contributed by atoms with E-state index in [2.05, 4.69) is 26.9 Å². The van der Waals surface area contributed by atoms with Gasteiger partial charge in [-0.05, 0) is 12.6 Å². The molecule has 22 heavy (non-hydrogen) atoms. The van der Waals surface area contributed by atoms with Gasteiger partial charge in [0, 0.05) is 39.1 Å². The Balaban J connectivity index is 1.89. The molecule has 2 aromatic heterocycles. The van der Waals surface area contributed by atoms with Crippen molar-refractivity contribution in [2.75, 3.05) is 26.2 Å². The molecule has 1 atom stereocenters. The Bertz CT molecular complexity index is 724. The van der Waals surface area contributed by atoms with Crippen LogP contribution in [0.4, 0.5) is 0 Å². The summed E-state index contributed by atoms with van der Waals surface area (Å²) in [6.07, 6.45) is 4.95. The van der Waals surface area contributed by atoms with Gasteiger partial charge in [-0.1, -0.05) is 6.92 Å². The summed E-state index contributed by atoms with van der Waals surface area (Å²) in [6, 6.07) is 1.47. The van der Waals surface area contributed by atoms with E-state index in [1.54, 1.807) is 19.4 Å². The van der Waals surface area contributed by atoms with E-state index in [4.69, 9.17) is 0 Å². The lowest BCUT2D eigenvalue weighted by atomic mass is 10.2. The third-order valence-corrected chi connectivity index (χ3v) is 6.02. The van der Waals surface area contributed by atoms with E-state index >= 15 is 0 Å². The van der Waals surface area contributed by atoms with E-state index < -0.39 is 10.0 Å². The molecule has 2 aromatic rings. The van der Waals surface area contributed by atoms with Gasteiger partial charge >= 0.3 is 0 Å². The molecule has 0 unspecified atom stereocenters. The maximum Gasteiger partial charge on any atom is 0.260 e. The average Bonchev–Trinajstić information content (AvgIpc) is 3.17. The molecule has 1 saturated heterocycles. The number of imidazole rings is 1. The van der Waals surface area contributed by atoms with E-state index in [9.17, 15) is 8.42 Å². The third-order valence-electron chi connectivity index (χ3n) is 4.08. The van der Waals surface area contributed by atoms with E-state index in [-0.39, 0.29) is 11.1 Å². The molecule has 8 nitrogen and oxygen atoms in total. The van der Waals surface area contributed by atoms with Gasteiger partial charge in [0.25, 0.3) is 10.0 Å². The molecule has 0 aromatic carbocycles. The number of nitrogens with zero attached hydrogens (tertiary/aromatic N) is 5. The van der Waals surface area contributed by atoms with E-state index in [0.717, 1.165) is 12.4 Å². The molecule has 0 spiro atoms. The van der Waals surface area contributed by atoms with Crippen molar-refractivity contribution in [1.29, 1.82) is 0 Å². The van der Waals surface area contributed by atoms with Crippen LogP contribution in [0.2, 0.25) is 0 Å². The topological polar surface area (TPSA) is 87.1 Å². The highest BCUT2D eigenvalue weighted by molar-refractivity contribution is 7.89. The van der Waals surface area contributed by atoms with Crippen LogP contribution in [0.25, 0.3) is 0 Å². The zero-order valence-electron chi connectivity index (χ0n) is 12.7. The molecule has 120 valence electrons. The molecule has 0 saturated carbocycles. The summed E-state index contributed by atoms with van der Waals surface area (Å²) in [6.45, 7) is 4.46. The van der Waals surface area contributed by atoms with Crippen molar-refractivity contribution in [3.8, 4) is 0 Å². The average molecular weight is 324 g/mol. The van der Waals surface area contributed by atoms with E-state index in [1.807, 2.05) is 0 Å². The molecule has 0 bridgehead atoms. The van der Waals surface area contributed by atoms with Crippen molar-refractivity contribution >= 4 is 10.0 Å². The summed E-state index contributed by atoms with van der Waals surface area (Å²) in [4.78, 5) is 9.63. The van der Waals surface area contributed by atoms with Gasteiger partial charge in [-0.3, -0.25) is 9.58 Å². The second-order valence-electron chi connectivity index (χ2n) is 5.27. The van der Waals surface area contributed by atoms with Crippen molar-refractivity contribution < 1.29 is 8.42 Å². The zero-order valence-corrected chi connectivity index (χ0v) is 13.5. The van der Waals surface area contributed by atoms with Crippen LogP contribution in [0.15, 0.2) is 29.7 Å². The number of sulfonamides is 1. The number of piperazine rings is 1. The summed E-state index contributed by atoms with van der Waals surface area (Å²) < 4.78 is 28.5. The van der Waals surface area contributed by atoms with Crippen LogP contribution >= 0.6 is 0 Å². The molecular weight excluding hydrogens is 304 g/mol. The molecule has 1 aliphatic rings. The van der Waals surface area contributed by atoms with Gasteiger partial charge < -0.3 is 4.98 Å². The van der Waals surface area contributed by atoms with Gasteiger partial charge in [-0.2, -0.15) is 9.40 Å². The van der Waals surface area contributed by atoms with Crippen molar-refractivity contribution in [1.82, 2.24) is 29.0 Å². The van der Waals surface area contributed by atoms with Crippen molar-refractivity contribution in [2.45, 2.75) is 18.0 Å². The monoisotopic (exact) mass is 324 g/mol. The standard InChI is InChI=1S/C13H20N6O2S/c1-3-18-8-9-19(10-11(18)13-14-6-7-15-13)22(20,21)12-4-5-16-17(12)2/h4-7,11H,3,8-10H2,1-2H3,(H,14,15)/t11-/m1/s1. The first kappa shape index (κ1) is 15.2. The third kappa shape index (κ3) is 2.55. The Kier molecular flexibility index (Phi) is 4.02. The quantitative estimate of drug-likeness (QED) is 0.869. The number of aromatic amines is 1. The summed E-state index contributed by atoms with van der Waals surface area (Å²) >= 11 is 0. The number of likely N-dealkylation sites (N-methyl/N-ethyl adjacent to an activating group) is 1. The Morgan fingerprint density at radius 1 is 1.36 bits per heavy atom. The van der Waals surface area contributed by atoms with Gasteiger partial charge in [-0.25, -0.2) is 13.4 Å². The number of aromatic nitrogens is 4. The Morgan fingerprint density at radius 2 is 2.18 bits per heavy atom. The van der Waals surface area contributed by atoms with Gasteiger partial charge in [0.2, 0.25) is 0 Å². The maximum absolute atomic E-state index is 12.8. The molecule has 0 aliphatic carbocycles. The SMILES string of the molecule is CCN1CCN(S(=O)(=O)c2ccnn2C)C[C@@H]1c1ncc[nH]1. The Hall–Kier alpha value is -1.71.